The molecule has 0 atom stereocenters. The zero-order valence-corrected chi connectivity index (χ0v) is 10.6. The van der Waals surface area contributed by atoms with E-state index in [1.54, 1.807) is 12.1 Å². The van der Waals surface area contributed by atoms with Gasteiger partial charge in [-0.3, -0.25) is 0 Å². The predicted octanol–water partition coefficient (Wildman–Crippen LogP) is 3.95. The molecule has 2 nitrogen and oxygen atoms in total. The largest absolute Gasteiger partial charge is 0.478 e. The summed E-state index contributed by atoms with van der Waals surface area (Å²) in [5.41, 5.74) is 3.14. The summed E-state index contributed by atoms with van der Waals surface area (Å²) in [6.45, 7) is 0. The first-order valence-corrected chi connectivity index (χ1v) is 6.32. The molecule has 0 unspecified atom stereocenters. The zero-order valence-electron chi connectivity index (χ0n) is 9.06. The molecule has 0 fully saturated rings. The molecule has 0 heterocycles. The second-order valence-electron chi connectivity index (χ2n) is 3.64. The van der Waals surface area contributed by atoms with E-state index in [4.69, 9.17) is 0 Å². The molecule has 0 amide bonds. The van der Waals surface area contributed by atoms with Gasteiger partial charge in [-0.2, -0.15) is 0 Å². The van der Waals surface area contributed by atoms with E-state index in [1.807, 2.05) is 36.4 Å². The van der Waals surface area contributed by atoms with E-state index < -0.39 is 5.97 Å². The van der Waals surface area contributed by atoms with Crippen molar-refractivity contribution < 1.29 is 9.90 Å². The van der Waals surface area contributed by atoms with Crippen molar-refractivity contribution in [1.29, 1.82) is 0 Å². The molecule has 0 spiro atoms. The van der Waals surface area contributed by atoms with Crippen LogP contribution >= 0.6 is 15.9 Å². The topological polar surface area (TPSA) is 37.3 Å². The van der Waals surface area contributed by atoms with Crippen molar-refractivity contribution in [3.63, 3.8) is 0 Å². The van der Waals surface area contributed by atoms with Crippen molar-refractivity contribution in [3.05, 3.63) is 59.7 Å². The van der Waals surface area contributed by atoms with E-state index in [-0.39, 0.29) is 0 Å². The maximum atomic E-state index is 11.2. The lowest BCUT2D eigenvalue weighted by Gasteiger charge is -2.09. The fourth-order valence-corrected chi connectivity index (χ4v) is 2.29. The van der Waals surface area contributed by atoms with E-state index in [0.717, 1.165) is 16.7 Å². The molecule has 2 aromatic carbocycles. The van der Waals surface area contributed by atoms with Gasteiger partial charge < -0.3 is 5.11 Å². The highest BCUT2D eigenvalue weighted by Crippen LogP contribution is 2.28. The third kappa shape index (κ3) is 2.39. The lowest BCUT2D eigenvalue weighted by atomic mass is 9.96. The van der Waals surface area contributed by atoms with Crippen LogP contribution in [0.2, 0.25) is 0 Å². The van der Waals surface area contributed by atoms with Gasteiger partial charge in [0.25, 0.3) is 0 Å². The van der Waals surface area contributed by atoms with E-state index in [2.05, 4.69) is 15.9 Å². The minimum absolute atomic E-state index is 0.334. The molecular weight excluding hydrogens is 280 g/mol. The zero-order chi connectivity index (χ0) is 12.3. The number of benzene rings is 2. The molecule has 1 N–H and O–H groups in total. The van der Waals surface area contributed by atoms with Crippen LogP contribution in [-0.2, 0) is 5.33 Å². The number of alkyl halides is 1. The van der Waals surface area contributed by atoms with Gasteiger partial charge in [-0.15, -0.1) is 0 Å². The third-order valence-electron chi connectivity index (χ3n) is 2.61. The van der Waals surface area contributed by atoms with Crippen LogP contribution in [-0.4, -0.2) is 11.1 Å². The van der Waals surface area contributed by atoms with E-state index in [0.29, 0.717) is 10.9 Å². The Kier molecular flexibility index (Phi) is 3.59. The smallest absolute Gasteiger partial charge is 0.336 e. The molecule has 0 aliphatic heterocycles. The van der Waals surface area contributed by atoms with Gasteiger partial charge in [0.2, 0.25) is 0 Å². The molecule has 0 aromatic heterocycles. The highest BCUT2D eigenvalue weighted by molar-refractivity contribution is 9.08. The Hall–Kier alpha value is -1.61. The SMILES string of the molecule is O=C(O)c1ccccc1-c1ccccc1CBr. The van der Waals surface area contributed by atoms with Gasteiger partial charge >= 0.3 is 5.97 Å². The number of hydrogen-bond acceptors (Lipinski definition) is 1. The van der Waals surface area contributed by atoms with E-state index >= 15 is 0 Å². The first-order chi connectivity index (χ1) is 8.24. The Balaban J connectivity index is 2.64. The first-order valence-electron chi connectivity index (χ1n) is 5.20. The summed E-state index contributed by atoms with van der Waals surface area (Å²) in [5, 5.41) is 9.88. The standard InChI is InChI=1S/C14H11BrO2/c15-9-10-5-1-2-6-11(10)12-7-3-4-8-13(12)14(16)17/h1-8H,9H2,(H,16,17). The van der Waals surface area contributed by atoms with Gasteiger partial charge in [0.15, 0.2) is 0 Å². The van der Waals surface area contributed by atoms with E-state index in [9.17, 15) is 9.90 Å². The minimum Gasteiger partial charge on any atom is -0.478 e. The highest BCUT2D eigenvalue weighted by atomic mass is 79.9. The van der Waals surface area contributed by atoms with Crippen LogP contribution in [0.5, 0.6) is 0 Å². The summed E-state index contributed by atoms with van der Waals surface area (Å²) >= 11 is 3.42. The van der Waals surface area contributed by atoms with Crippen molar-refractivity contribution in [2.75, 3.05) is 0 Å². The van der Waals surface area contributed by atoms with Gasteiger partial charge in [0.05, 0.1) is 5.56 Å². The monoisotopic (exact) mass is 290 g/mol. The van der Waals surface area contributed by atoms with Crippen LogP contribution in [0.3, 0.4) is 0 Å². The normalized spacial score (nSPS) is 10.2. The average Bonchev–Trinajstić information content (AvgIpc) is 2.38. The molecule has 0 radical (unpaired) electrons. The number of carboxylic acids is 1. The summed E-state index contributed by atoms with van der Waals surface area (Å²) in [6.07, 6.45) is 0. The van der Waals surface area contributed by atoms with Gasteiger partial charge in [-0.05, 0) is 22.8 Å². The van der Waals surface area contributed by atoms with Crippen LogP contribution < -0.4 is 0 Å². The molecule has 2 rings (SSSR count). The van der Waals surface area contributed by atoms with Gasteiger partial charge in [0, 0.05) is 5.33 Å². The predicted molar refractivity (Wildman–Crippen MR) is 71.5 cm³/mol. The second-order valence-corrected chi connectivity index (χ2v) is 4.20. The van der Waals surface area contributed by atoms with Crippen LogP contribution in [0.25, 0.3) is 11.1 Å². The molecule has 0 aliphatic rings. The number of rotatable bonds is 3. The van der Waals surface area contributed by atoms with Crippen LogP contribution in [0.15, 0.2) is 48.5 Å². The van der Waals surface area contributed by atoms with Gasteiger partial charge in [-0.25, -0.2) is 4.79 Å². The molecule has 2 aromatic rings. The van der Waals surface area contributed by atoms with Crippen LogP contribution in [0, 0.1) is 0 Å². The van der Waals surface area contributed by atoms with Crippen LogP contribution in [0.4, 0.5) is 0 Å². The number of hydrogen-bond donors (Lipinski definition) is 1. The van der Waals surface area contributed by atoms with Crippen molar-refractivity contribution in [1.82, 2.24) is 0 Å². The van der Waals surface area contributed by atoms with Gasteiger partial charge in [-0.1, -0.05) is 58.4 Å². The van der Waals surface area contributed by atoms with Crippen molar-refractivity contribution in [3.8, 4) is 11.1 Å². The summed E-state index contributed by atoms with van der Waals surface area (Å²) in [6, 6.07) is 14.9. The molecular formula is C14H11BrO2. The molecule has 0 saturated carbocycles. The summed E-state index contributed by atoms with van der Waals surface area (Å²) in [5.74, 6) is -0.898. The Labute approximate surface area is 108 Å². The Morgan fingerprint density at radius 2 is 1.59 bits per heavy atom. The van der Waals surface area contributed by atoms with Crippen molar-refractivity contribution in [2.24, 2.45) is 0 Å². The first kappa shape index (κ1) is 11.9. The Bertz CT molecular complexity index is 549. The van der Waals surface area contributed by atoms with Crippen molar-refractivity contribution >= 4 is 21.9 Å². The second kappa shape index (κ2) is 5.15. The summed E-state index contributed by atoms with van der Waals surface area (Å²) in [7, 11) is 0. The number of carbonyl (C=O) groups is 1. The quantitative estimate of drug-likeness (QED) is 0.869. The van der Waals surface area contributed by atoms with Gasteiger partial charge in [0.1, 0.15) is 0 Å². The Morgan fingerprint density at radius 3 is 2.24 bits per heavy atom. The molecule has 0 bridgehead atoms. The van der Waals surface area contributed by atoms with Crippen molar-refractivity contribution in [2.45, 2.75) is 5.33 Å². The third-order valence-corrected chi connectivity index (χ3v) is 3.21. The highest BCUT2D eigenvalue weighted by Gasteiger charge is 2.12. The molecule has 3 heteroatoms. The average molecular weight is 291 g/mol. The summed E-state index contributed by atoms with van der Waals surface area (Å²) in [4.78, 5) is 11.2. The maximum Gasteiger partial charge on any atom is 0.336 e. The molecule has 17 heavy (non-hydrogen) atoms. The number of halogens is 1. The lowest BCUT2D eigenvalue weighted by Crippen LogP contribution is -2.00. The lowest BCUT2D eigenvalue weighted by molar-refractivity contribution is 0.0698. The molecule has 86 valence electrons. The number of carboxylic acid groups (broad SMARTS) is 1. The Morgan fingerprint density at radius 1 is 1.00 bits per heavy atom. The minimum atomic E-state index is -0.898. The fraction of sp³-hybridized carbons (Fsp3) is 0.0714. The fourth-order valence-electron chi connectivity index (χ4n) is 1.80. The maximum absolute atomic E-state index is 11.2. The molecule has 0 saturated heterocycles. The van der Waals surface area contributed by atoms with Crippen LogP contribution in [0.1, 0.15) is 15.9 Å². The summed E-state index contributed by atoms with van der Waals surface area (Å²) < 4.78 is 0. The number of aromatic carboxylic acids is 1. The molecule has 0 aliphatic carbocycles. The van der Waals surface area contributed by atoms with E-state index in [1.165, 1.54) is 0 Å².